The van der Waals surface area contributed by atoms with Crippen molar-refractivity contribution in [2.24, 2.45) is 11.5 Å². The molecule has 0 aromatic heterocycles. The largest absolute Gasteiger partial charge is 2.00 e. The first-order valence-electron chi connectivity index (χ1n) is 2.72. The molecule has 0 unspecified atom stereocenters. The van der Waals surface area contributed by atoms with E-state index in [0.29, 0.717) is 13.1 Å². The first kappa shape index (κ1) is 45.3. The van der Waals surface area contributed by atoms with Crippen molar-refractivity contribution >= 4 is 12.6 Å². The van der Waals surface area contributed by atoms with Crippen molar-refractivity contribution in [2.75, 3.05) is 13.1 Å². The quantitative estimate of drug-likeness (QED) is 0.392. The van der Waals surface area contributed by atoms with Crippen molar-refractivity contribution in [3.63, 3.8) is 0 Å². The predicted octanol–water partition coefficient (Wildman–Crippen LogP) is 0.0364. The van der Waals surface area contributed by atoms with E-state index in [9.17, 15) is 0 Å². The van der Waals surface area contributed by atoms with Gasteiger partial charge in [-0.05, 0) is 0 Å². The van der Waals surface area contributed by atoms with Gasteiger partial charge in [-0.15, -0.1) is 0 Å². The summed E-state index contributed by atoms with van der Waals surface area (Å²) in [6, 6.07) is 0. The van der Waals surface area contributed by atoms with Crippen LogP contribution in [0.3, 0.4) is 0 Å². The Morgan fingerprint density at radius 2 is 0.929 bits per heavy atom. The summed E-state index contributed by atoms with van der Waals surface area (Å²) in [5, 5.41) is 0. The van der Waals surface area contributed by atoms with Crippen LogP contribution in [0.4, 0.5) is 0 Å². The maximum absolute atomic E-state index is 8.68. The first-order chi connectivity index (χ1) is 4.74. The zero-order valence-corrected chi connectivity index (χ0v) is 17.7. The SMILES string of the molecule is C[C-]=O.C[C-]=O.NCCN.[CH3-].[CH3-].[U+2].[U+2]. The number of nitrogens with two attached hydrogens (primary N) is 2. The molecule has 0 aliphatic carbocycles. The van der Waals surface area contributed by atoms with Gasteiger partial charge in [-0.3, -0.25) is 12.6 Å². The fourth-order valence-electron chi connectivity index (χ4n) is 0. The summed E-state index contributed by atoms with van der Waals surface area (Å²) in [5.74, 6) is 0. The van der Waals surface area contributed by atoms with Crippen LogP contribution in [0.5, 0.6) is 0 Å². The van der Waals surface area contributed by atoms with Crippen molar-refractivity contribution in [3.8, 4) is 0 Å². The minimum Gasteiger partial charge on any atom is -0.542 e. The molecule has 82 valence electrons. The average Bonchev–Trinajstić information content (AvgIpc) is 1.91. The van der Waals surface area contributed by atoms with Crippen LogP contribution in [0.1, 0.15) is 13.8 Å². The van der Waals surface area contributed by atoms with Crippen LogP contribution in [-0.2, 0) is 9.59 Å². The van der Waals surface area contributed by atoms with Crippen molar-refractivity contribution in [1.82, 2.24) is 0 Å². The van der Waals surface area contributed by atoms with Crippen LogP contribution >= 0.6 is 0 Å². The van der Waals surface area contributed by atoms with Gasteiger partial charge in [0, 0.05) is 13.1 Å². The monoisotopic (exact) mass is 652 g/mol. The molecule has 0 aromatic carbocycles. The Hall–Kier alpha value is 1.36. The van der Waals surface area contributed by atoms with Gasteiger partial charge in [0.25, 0.3) is 0 Å². The molecule has 0 aromatic rings. The average molecular weight is 652 g/mol. The molecule has 0 aliphatic rings. The Labute approximate surface area is 136 Å². The molecule has 0 saturated heterocycles. The third kappa shape index (κ3) is 366. The molecule has 14 heavy (non-hydrogen) atoms. The topological polar surface area (TPSA) is 86.2 Å². The molecule has 0 aliphatic heterocycles. The van der Waals surface area contributed by atoms with Crippen LogP contribution in [0.25, 0.3) is 0 Å². The van der Waals surface area contributed by atoms with Gasteiger partial charge in [-0.25, -0.2) is 0 Å². The van der Waals surface area contributed by atoms with Crippen molar-refractivity contribution < 1.29 is 71.8 Å². The van der Waals surface area contributed by atoms with E-state index in [1.165, 1.54) is 26.4 Å². The van der Waals surface area contributed by atoms with Crippen molar-refractivity contribution in [2.45, 2.75) is 13.8 Å². The second-order valence-electron chi connectivity index (χ2n) is 0.986. The third-order valence-electron chi connectivity index (χ3n) is 0.167. The Morgan fingerprint density at radius 3 is 0.929 bits per heavy atom. The van der Waals surface area contributed by atoms with Gasteiger partial charge in [-0.2, -0.15) is 13.8 Å². The van der Waals surface area contributed by atoms with Crippen LogP contribution in [-0.4, -0.2) is 25.7 Å². The van der Waals surface area contributed by atoms with E-state index in [0.717, 1.165) is 0 Å². The molecular formula is C8H20N2O2U2. The Balaban J connectivity index is -0.00000000929. The third-order valence-corrected chi connectivity index (χ3v) is 0.167. The zero-order valence-electron chi connectivity index (χ0n) is 9.39. The van der Waals surface area contributed by atoms with Gasteiger partial charge in [0.15, 0.2) is 0 Å². The van der Waals surface area contributed by atoms with Crippen LogP contribution in [0, 0.1) is 77.1 Å². The fourth-order valence-corrected chi connectivity index (χ4v) is 0. The van der Waals surface area contributed by atoms with E-state index in [2.05, 4.69) is 0 Å². The van der Waals surface area contributed by atoms with E-state index < -0.39 is 0 Å². The van der Waals surface area contributed by atoms with Crippen LogP contribution in [0.2, 0.25) is 0 Å². The molecule has 4 N–H and O–H groups in total. The molecule has 4 nitrogen and oxygen atoms in total. The van der Waals surface area contributed by atoms with E-state index in [1.54, 1.807) is 0 Å². The van der Waals surface area contributed by atoms with E-state index >= 15 is 0 Å². The molecule has 0 saturated carbocycles. The summed E-state index contributed by atoms with van der Waals surface area (Å²) in [7, 11) is 0. The second-order valence-corrected chi connectivity index (χ2v) is 0.986. The first-order valence-corrected chi connectivity index (χ1v) is 2.72. The molecule has 0 spiro atoms. The summed E-state index contributed by atoms with van der Waals surface area (Å²) in [6.07, 6.45) is 3.00. The predicted molar refractivity (Wildman–Crippen MR) is 53.7 cm³/mol. The molecule has 0 fully saturated rings. The summed E-state index contributed by atoms with van der Waals surface area (Å²) >= 11 is 0. The van der Waals surface area contributed by atoms with Crippen molar-refractivity contribution in [1.29, 1.82) is 0 Å². The van der Waals surface area contributed by atoms with Gasteiger partial charge >= 0.3 is 62.2 Å². The fraction of sp³-hybridized carbons (Fsp3) is 0.500. The molecule has 0 bridgehead atoms. The zero-order chi connectivity index (χ0) is 8.83. The maximum Gasteiger partial charge on any atom is 2.00 e. The number of hydrogen-bond donors (Lipinski definition) is 2. The van der Waals surface area contributed by atoms with Crippen LogP contribution in [0.15, 0.2) is 0 Å². The standard InChI is InChI=1S/C2H8N2.2C2H3O.2CH3.2U/c3-1-2-4;2*1-2-3;;;;/h1-4H2;2*1H3;2*1H3;;/q;4*-1;2*+2. The van der Waals surface area contributed by atoms with E-state index in [1.807, 2.05) is 0 Å². The molecule has 0 atom stereocenters. The summed E-state index contributed by atoms with van der Waals surface area (Å²) < 4.78 is 0. The van der Waals surface area contributed by atoms with Gasteiger partial charge in [-0.1, -0.05) is 0 Å². The van der Waals surface area contributed by atoms with Crippen molar-refractivity contribution in [3.05, 3.63) is 14.9 Å². The van der Waals surface area contributed by atoms with Gasteiger partial charge in [0.2, 0.25) is 0 Å². The minimum atomic E-state index is 0. The molecule has 6 heteroatoms. The molecule has 0 radical (unpaired) electrons. The normalized spacial score (nSPS) is 4.00. The Morgan fingerprint density at radius 1 is 0.857 bits per heavy atom. The minimum absolute atomic E-state index is 0. The molecular weight excluding hydrogens is 632 g/mol. The molecule has 0 amide bonds. The Bertz CT molecular complexity index is 59.3. The molecule has 0 heterocycles. The smallest absolute Gasteiger partial charge is 0.542 e. The summed E-state index contributed by atoms with van der Waals surface area (Å²) in [4.78, 5) is 17.4. The molecule has 0 rings (SSSR count). The van der Waals surface area contributed by atoms with Crippen LogP contribution < -0.4 is 11.5 Å². The van der Waals surface area contributed by atoms with Gasteiger partial charge in [0.1, 0.15) is 0 Å². The maximum atomic E-state index is 8.68. The number of carbonyl (C=O) groups excluding carboxylic acids is 2. The van der Waals surface area contributed by atoms with Gasteiger partial charge in [0.05, 0.1) is 0 Å². The Kier molecular flexibility index (Phi) is 289. The number of rotatable bonds is 1. The van der Waals surface area contributed by atoms with E-state index in [-0.39, 0.29) is 77.1 Å². The second kappa shape index (κ2) is 89.2. The number of hydrogen-bond acceptors (Lipinski definition) is 4. The van der Waals surface area contributed by atoms with E-state index in [4.69, 9.17) is 21.1 Å². The van der Waals surface area contributed by atoms with Gasteiger partial charge < -0.3 is 35.9 Å². The summed E-state index contributed by atoms with van der Waals surface area (Å²) in [5.41, 5.74) is 9.81. The summed E-state index contributed by atoms with van der Waals surface area (Å²) in [6.45, 7) is 3.83.